The smallest absolute Gasteiger partial charge is 0.119 e. The molecule has 1 aliphatic heterocycles. The molecule has 16 heavy (non-hydrogen) atoms. The fourth-order valence-electron chi connectivity index (χ4n) is 2.26. The van der Waals surface area contributed by atoms with Crippen LogP contribution in [0.5, 0.6) is 5.75 Å². The maximum Gasteiger partial charge on any atom is 0.119 e. The predicted octanol–water partition coefficient (Wildman–Crippen LogP) is 2.60. The van der Waals surface area contributed by atoms with Crippen LogP contribution in [-0.4, -0.2) is 31.1 Å². The summed E-state index contributed by atoms with van der Waals surface area (Å²) in [5.74, 6) is 1.66. The van der Waals surface area contributed by atoms with Gasteiger partial charge in [0.15, 0.2) is 0 Å². The SMILES string of the molecule is CCN1CCCC(COc2cc[c]cc2)C1. The first-order chi connectivity index (χ1) is 7.88. The van der Waals surface area contributed by atoms with Gasteiger partial charge in [0.05, 0.1) is 6.61 Å². The minimum absolute atomic E-state index is 0.692. The molecule has 0 saturated carbocycles. The Labute approximate surface area is 98.2 Å². The average molecular weight is 218 g/mol. The highest BCUT2D eigenvalue weighted by atomic mass is 16.5. The van der Waals surface area contributed by atoms with E-state index in [1.165, 1.54) is 25.9 Å². The molecule has 1 aromatic rings. The second kappa shape index (κ2) is 5.90. The molecule has 1 saturated heterocycles. The molecule has 1 aromatic carbocycles. The van der Waals surface area contributed by atoms with Crippen molar-refractivity contribution in [1.82, 2.24) is 4.90 Å². The van der Waals surface area contributed by atoms with Crippen molar-refractivity contribution in [3.05, 3.63) is 30.3 Å². The lowest BCUT2D eigenvalue weighted by Crippen LogP contribution is -2.37. The van der Waals surface area contributed by atoms with Crippen molar-refractivity contribution in [1.29, 1.82) is 0 Å². The maximum atomic E-state index is 5.79. The summed E-state index contributed by atoms with van der Waals surface area (Å²) in [5, 5.41) is 0. The number of benzene rings is 1. The lowest BCUT2D eigenvalue weighted by molar-refractivity contribution is 0.135. The van der Waals surface area contributed by atoms with Crippen molar-refractivity contribution in [3.8, 4) is 5.75 Å². The molecule has 0 aliphatic carbocycles. The summed E-state index contributed by atoms with van der Waals surface area (Å²) in [6.45, 7) is 6.69. The Bertz CT molecular complexity index is 299. The molecule has 1 radical (unpaired) electrons. The molecule has 2 nitrogen and oxygen atoms in total. The van der Waals surface area contributed by atoms with E-state index in [-0.39, 0.29) is 0 Å². The molecule has 1 heterocycles. The summed E-state index contributed by atoms with van der Waals surface area (Å²) in [6, 6.07) is 10.7. The summed E-state index contributed by atoms with van der Waals surface area (Å²) in [5.41, 5.74) is 0. The molecule has 1 unspecified atom stereocenters. The second-order valence-electron chi connectivity index (χ2n) is 4.45. The summed E-state index contributed by atoms with van der Waals surface area (Å²) < 4.78 is 5.79. The van der Waals surface area contributed by atoms with E-state index in [0.29, 0.717) is 5.92 Å². The summed E-state index contributed by atoms with van der Waals surface area (Å²) >= 11 is 0. The van der Waals surface area contributed by atoms with Crippen molar-refractivity contribution >= 4 is 0 Å². The average Bonchev–Trinajstić information content (AvgIpc) is 2.38. The monoisotopic (exact) mass is 218 g/mol. The number of hydrogen-bond acceptors (Lipinski definition) is 2. The Morgan fingerprint density at radius 1 is 1.44 bits per heavy atom. The van der Waals surface area contributed by atoms with Crippen LogP contribution in [0.4, 0.5) is 0 Å². The molecular formula is C14H20NO. The molecular weight excluding hydrogens is 198 g/mol. The zero-order valence-corrected chi connectivity index (χ0v) is 9.98. The fraction of sp³-hybridized carbons (Fsp3) is 0.571. The van der Waals surface area contributed by atoms with Gasteiger partial charge in [-0.25, -0.2) is 0 Å². The number of hydrogen-bond donors (Lipinski definition) is 0. The first kappa shape index (κ1) is 11.5. The third kappa shape index (κ3) is 3.24. The maximum absolute atomic E-state index is 5.79. The lowest BCUT2D eigenvalue weighted by Gasteiger charge is -2.31. The quantitative estimate of drug-likeness (QED) is 0.770. The van der Waals surface area contributed by atoms with Gasteiger partial charge in [-0.05, 0) is 44.1 Å². The van der Waals surface area contributed by atoms with Crippen molar-refractivity contribution < 1.29 is 4.74 Å². The number of nitrogens with zero attached hydrogens (tertiary/aromatic N) is 1. The van der Waals surface area contributed by atoms with Crippen LogP contribution >= 0.6 is 0 Å². The molecule has 0 bridgehead atoms. The highest BCUT2D eigenvalue weighted by molar-refractivity contribution is 5.20. The van der Waals surface area contributed by atoms with Crippen LogP contribution in [0, 0.1) is 12.0 Å². The largest absolute Gasteiger partial charge is 0.493 e. The van der Waals surface area contributed by atoms with Crippen LogP contribution in [-0.2, 0) is 0 Å². The van der Waals surface area contributed by atoms with Crippen LogP contribution in [0.15, 0.2) is 24.3 Å². The first-order valence-electron chi connectivity index (χ1n) is 6.19. The third-order valence-corrected chi connectivity index (χ3v) is 3.22. The molecule has 2 rings (SSSR count). The Kier molecular flexibility index (Phi) is 4.23. The van der Waals surface area contributed by atoms with Crippen molar-refractivity contribution in [3.63, 3.8) is 0 Å². The molecule has 0 amide bonds. The van der Waals surface area contributed by atoms with E-state index in [1.807, 2.05) is 24.3 Å². The van der Waals surface area contributed by atoms with E-state index in [4.69, 9.17) is 4.74 Å². The van der Waals surface area contributed by atoms with Crippen molar-refractivity contribution in [2.45, 2.75) is 19.8 Å². The molecule has 1 aliphatic rings. The van der Waals surface area contributed by atoms with Crippen LogP contribution in [0.1, 0.15) is 19.8 Å². The predicted molar refractivity (Wildman–Crippen MR) is 65.6 cm³/mol. The van der Waals surface area contributed by atoms with Gasteiger partial charge in [0.2, 0.25) is 0 Å². The zero-order chi connectivity index (χ0) is 11.2. The van der Waals surface area contributed by atoms with Gasteiger partial charge in [-0.2, -0.15) is 0 Å². The number of rotatable bonds is 4. The Morgan fingerprint density at radius 3 is 3.00 bits per heavy atom. The normalized spacial score (nSPS) is 21.9. The van der Waals surface area contributed by atoms with E-state index in [1.54, 1.807) is 0 Å². The summed E-state index contributed by atoms with van der Waals surface area (Å²) in [7, 11) is 0. The Morgan fingerprint density at radius 2 is 2.25 bits per heavy atom. The van der Waals surface area contributed by atoms with Gasteiger partial charge in [-0.3, -0.25) is 0 Å². The van der Waals surface area contributed by atoms with E-state index in [9.17, 15) is 0 Å². The zero-order valence-electron chi connectivity index (χ0n) is 9.98. The molecule has 87 valence electrons. The number of ether oxygens (including phenoxy) is 1. The van der Waals surface area contributed by atoms with E-state index < -0.39 is 0 Å². The molecule has 2 heteroatoms. The Hall–Kier alpha value is -1.02. The Balaban J connectivity index is 1.77. The lowest BCUT2D eigenvalue weighted by atomic mass is 9.99. The van der Waals surface area contributed by atoms with Crippen molar-refractivity contribution in [2.75, 3.05) is 26.2 Å². The molecule has 0 spiro atoms. The van der Waals surface area contributed by atoms with Gasteiger partial charge < -0.3 is 9.64 Å². The van der Waals surface area contributed by atoms with Crippen LogP contribution in [0.25, 0.3) is 0 Å². The number of likely N-dealkylation sites (tertiary alicyclic amines) is 1. The van der Waals surface area contributed by atoms with Gasteiger partial charge in [-0.1, -0.05) is 19.1 Å². The first-order valence-corrected chi connectivity index (χ1v) is 6.19. The van der Waals surface area contributed by atoms with Gasteiger partial charge >= 0.3 is 0 Å². The second-order valence-corrected chi connectivity index (χ2v) is 4.45. The molecule has 0 aromatic heterocycles. The van der Waals surface area contributed by atoms with Crippen molar-refractivity contribution in [2.24, 2.45) is 5.92 Å². The van der Waals surface area contributed by atoms with Crippen LogP contribution in [0.2, 0.25) is 0 Å². The van der Waals surface area contributed by atoms with E-state index >= 15 is 0 Å². The van der Waals surface area contributed by atoms with Gasteiger partial charge in [0.1, 0.15) is 5.75 Å². The minimum Gasteiger partial charge on any atom is -0.493 e. The summed E-state index contributed by atoms with van der Waals surface area (Å²) in [4.78, 5) is 2.51. The number of piperidine rings is 1. The van der Waals surface area contributed by atoms with Crippen LogP contribution in [0.3, 0.4) is 0 Å². The fourth-order valence-corrected chi connectivity index (χ4v) is 2.26. The minimum atomic E-state index is 0.692. The molecule has 1 fully saturated rings. The third-order valence-electron chi connectivity index (χ3n) is 3.22. The van der Waals surface area contributed by atoms with Gasteiger partial charge in [-0.15, -0.1) is 0 Å². The standard InChI is InChI=1S/C14H20NO/c1-2-15-10-6-7-13(11-15)12-16-14-8-4-3-5-9-14/h4-5,8-9,13H,2,6-7,10-12H2,1H3. The summed E-state index contributed by atoms with van der Waals surface area (Å²) in [6.07, 6.45) is 2.61. The highest BCUT2D eigenvalue weighted by Gasteiger charge is 2.18. The van der Waals surface area contributed by atoms with E-state index in [0.717, 1.165) is 18.9 Å². The van der Waals surface area contributed by atoms with E-state index in [2.05, 4.69) is 17.9 Å². The topological polar surface area (TPSA) is 12.5 Å². The highest BCUT2D eigenvalue weighted by Crippen LogP contribution is 2.18. The van der Waals surface area contributed by atoms with Gasteiger partial charge in [0.25, 0.3) is 0 Å². The van der Waals surface area contributed by atoms with Crippen LogP contribution < -0.4 is 4.74 Å². The molecule has 0 N–H and O–H groups in total. The van der Waals surface area contributed by atoms with Gasteiger partial charge in [0, 0.05) is 12.5 Å². The molecule has 1 atom stereocenters.